The minimum Gasteiger partial charge on any atom is -0.454 e. The molecule has 2 aromatic carbocycles. The number of carbonyl (C=O) groups excluding carboxylic acids is 1. The molecule has 2 heterocycles. The molecule has 0 unspecified atom stereocenters. The lowest BCUT2D eigenvalue weighted by molar-refractivity contribution is 0.102. The summed E-state index contributed by atoms with van der Waals surface area (Å²) in [6.45, 7) is 4.10. The van der Waals surface area contributed by atoms with Crippen LogP contribution < -0.4 is 20.1 Å². The monoisotopic (exact) mass is 394 g/mol. The molecule has 1 aliphatic rings. The number of nitrogens with zero attached hydrogens (tertiary/aromatic N) is 2. The Morgan fingerprint density at radius 2 is 1.97 bits per heavy atom. The first-order chi connectivity index (χ1) is 14.0. The lowest BCUT2D eigenvalue weighted by Gasteiger charge is -2.10. The number of rotatable bonds is 5. The zero-order chi connectivity index (χ0) is 20.4. The van der Waals surface area contributed by atoms with Gasteiger partial charge >= 0.3 is 0 Å². The average molecular weight is 394 g/mol. The average Bonchev–Trinajstić information content (AvgIpc) is 3.17. The second kappa shape index (κ2) is 7.75. The first kappa shape index (κ1) is 18.7. The van der Waals surface area contributed by atoms with Gasteiger partial charge in [-0.3, -0.25) is 4.79 Å². The molecule has 0 radical (unpaired) electrons. The number of hydrogen-bond acceptors (Lipinski definition) is 6. The molecular weight excluding hydrogens is 375 g/mol. The molecule has 1 aromatic heterocycles. The van der Waals surface area contributed by atoms with Crippen molar-refractivity contribution in [2.45, 2.75) is 20.4 Å². The molecule has 3 aromatic rings. The van der Waals surface area contributed by atoms with Crippen LogP contribution in [0.5, 0.6) is 11.5 Å². The van der Waals surface area contributed by atoms with Crippen molar-refractivity contribution in [2.75, 3.05) is 17.4 Å². The van der Waals surface area contributed by atoms with Crippen molar-refractivity contribution in [3.8, 4) is 11.5 Å². The Morgan fingerprint density at radius 1 is 1.14 bits per heavy atom. The summed E-state index contributed by atoms with van der Waals surface area (Å²) in [6.07, 6.45) is 1.45. The van der Waals surface area contributed by atoms with Gasteiger partial charge in [0, 0.05) is 18.4 Å². The third-order valence-corrected chi connectivity index (χ3v) is 4.54. The predicted molar refractivity (Wildman–Crippen MR) is 106 cm³/mol. The summed E-state index contributed by atoms with van der Waals surface area (Å²) >= 11 is 0. The summed E-state index contributed by atoms with van der Waals surface area (Å²) in [5.74, 6) is 1.07. The largest absolute Gasteiger partial charge is 0.454 e. The van der Waals surface area contributed by atoms with Gasteiger partial charge in [0.1, 0.15) is 5.82 Å². The van der Waals surface area contributed by atoms with Gasteiger partial charge in [0.2, 0.25) is 12.7 Å². The number of benzene rings is 2. The maximum absolute atomic E-state index is 13.7. The van der Waals surface area contributed by atoms with E-state index in [0.717, 1.165) is 11.3 Å². The van der Waals surface area contributed by atoms with Crippen LogP contribution in [0, 0.1) is 19.7 Å². The summed E-state index contributed by atoms with van der Waals surface area (Å²) < 4.78 is 24.3. The van der Waals surface area contributed by atoms with E-state index in [2.05, 4.69) is 20.6 Å². The fraction of sp³-hybridized carbons (Fsp3) is 0.190. The van der Waals surface area contributed by atoms with Crippen molar-refractivity contribution in [3.05, 3.63) is 70.8 Å². The molecule has 0 spiro atoms. The molecule has 0 saturated carbocycles. The van der Waals surface area contributed by atoms with Crippen LogP contribution in [0.1, 0.15) is 27.2 Å². The van der Waals surface area contributed by atoms with Crippen LogP contribution in [0.2, 0.25) is 0 Å². The van der Waals surface area contributed by atoms with Gasteiger partial charge in [-0.2, -0.15) is 0 Å². The molecule has 0 saturated heterocycles. The molecule has 0 atom stereocenters. The number of carbonyl (C=O) groups is 1. The summed E-state index contributed by atoms with van der Waals surface area (Å²) in [4.78, 5) is 21.0. The molecule has 0 fully saturated rings. The zero-order valence-corrected chi connectivity index (χ0v) is 16.0. The number of halogens is 1. The molecule has 148 valence electrons. The second-order valence-electron chi connectivity index (χ2n) is 6.65. The maximum Gasteiger partial charge on any atom is 0.259 e. The van der Waals surface area contributed by atoms with Crippen molar-refractivity contribution in [2.24, 2.45) is 0 Å². The minimum atomic E-state index is -0.395. The summed E-state index contributed by atoms with van der Waals surface area (Å²) in [5, 5.41) is 5.79. The number of fused-ring (bicyclic) bond motifs is 1. The lowest BCUT2D eigenvalue weighted by atomic mass is 10.2. The van der Waals surface area contributed by atoms with E-state index in [9.17, 15) is 9.18 Å². The van der Waals surface area contributed by atoms with Gasteiger partial charge in [-0.15, -0.1) is 0 Å². The van der Waals surface area contributed by atoms with E-state index in [0.29, 0.717) is 40.8 Å². The fourth-order valence-electron chi connectivity index (χ4n) is 2.88. The van der Waals surface area contributed by atoms with Gasteiger partial charge < -0.3 is 20.1 Å². The third kappa shape index (κ3) is 4.11. The van der Waals surface area contributed by atoms with E-state index in [4.69, 9.17) is 9.47 Å². The highest BCUT2D eigenvalue weighted by Crippen LogP contribution is 2.32. The van der Waals surface area contributed by atoms with Gasteiger partial charge in [-0.25, -0.2) is 14.4 Å². The van der Waals surface area contributed by atoms with Crippen LogP contribution in [0.4, 0.5) is 16.0 Å². The SMILES string of the molecule is Cc1ccc(NC(=O)c2cnc(NCc3ccc4c(c3)OCO4)nc2C)cc1F. The molecule has 8 heteroatoms. The van der Waals surface area contributed by atoms with Crippen molar-refractivity contribution < 1.29 is 18.7 Å². The first-order valence-corrected chi connectivity index (χ1v) is 9.03. The topological polar surface area (TPSA) is 85.4 Å². The maximum atomic E-state index is 13.7. The van der Waals surface area contributed by atoms with Crippen molar-refractivity contribution >= 4 is 17.5 Å². The fourth-order valence-corrected chi connectivity index (χ4v) is 2.88. The Morgan fingerprint density at radius 3 is 2.76 bits per heavy atom. The standard InChI is InChI=1S/C21H19FN4O3/c1-12-3-5-15(8-17(12)22)26-20(27)16-10-24-21(25-13(16)2)23-9-14-4-6-18-19(7-14)29-11-28-18/h3-8,10H,9,11H2,1-2H3,(H,26,27)(H,23,24,25). The molecule has 1 aliphatic heterocycles. The summed E-state index contributed by atoms with van der Waals surface area (Å²) in [5.41, 5.74) is 2.71. The Hall–Kier alpha value is -3.68. The molecule has 29 heavy (non-hydrogen) atoms. The zero-order valence-electron chi connectivity index (χ0n) is 16.0. The lowest BCUT2D eigenvalue weighted by Crippen LogP contribution is -2.16. The van der Waals surface area contributed by atoms with Crippen molar-refractivity contribution in [1.29, 1.82) is 0 Å². The van der Waals surface area contributed by atoms with Crippen LogP contribution >= 0.6 is 0 Å². The van der Waals surface area contributed by atoms with Crippen LogP contribution in [-0.4, -0.2) is 22.7 Å². The predicted octanol–water partition coefficient (Wildman–Crippen LogP) is 3.83. The Balaban J connectivity index is 1.41. The highest BCUT2D eigenvalue weighted by atomic mass is 19.1. The van der Waals surface area contributed by atoms with E-state index >= 15 is 0 Å². The number of amides is 1. The normalized spacial score (nSPS) is 12.0. The number of nitrogens with one attached hydrogen (secondary N) is 2. The quantitative estimate of drug-likeness (QED) is 0.684. The summed E-state index contributed by atoms with van der Waals surface area (Å²) in [7, 11) is 0. The van der Waals surface area contributed by atoms with E-state index in [1.54, 1.807) is 26.0 Å². The van der Waals surface area contributed by atoms with Crippen molar-refractivity contribution in [1.82, 2.24) is 9.97 Å². The smallest absolute Gasteiger partial charge is 0.259 e. The van der Waals surface area contributed by atoms with Gasteiger partial charge in [0.25, 0.3) is 5.91 Å². The number of hydrogen-bond donors (Lipinski definition) is 2. The molecule has 0 bridgehead atoms. The van der Waals surface area contributed by atoms with Crippen LogP contribution in [0.25, 0.3) is 0 Å². The molecule has 2 N–H and O–H groups in total. The van der Waals surface area contributed by atoms with Gasteiger partial charge in [0.05, 0.1) is 11.3 Å². The molecule has 7 nitrogen and oxygen atoms in total. The van der Waals surface area contributed by atoms with E-state index in [1.165, 1.54) is 12.3 Å². The summed E-state index contributed by atoms with van der Waals surface area (Å²) in [6, 6.07) is 10.2. The number of anilines is 2. The number of aryl methyl sites for hydroxylation is 2. The highest BCUT2D eigenvalue weighted by Gasteiger charge is 2.15. The second-order valence-corrected chi connectivity index (χ2v) is 6.65. The van der Waals surface area contributed by atoms with Crippen LogP contribution in [-0.2, 0) is 6.54 Å². The Labute approximate surface area is 166 Å². The Kier molecular flexibility index (Phi) is 4.99. The molecule has 0 aliphatic carbocycles. The van der Waals surface area contributed by atoms with Gasteiger partial charge in [-0.1, -0.05) is 12.1 Å². The third-order valence-electron chi connectivity index (χ3n) is 4.54. The van der Waals surface area contributed by atoms with Crippen LogP contribution in [0.15, 0.2) is 42.6 Å². The van der Waals surface area contributed by atoms with E-state index in [-0.39, 0.29) is 12.6 Å². The van der Waals surface area contributed by atoms with Crippen LogP contribution in [0.3, 0.4) is 0 Å². The number of ether oxygens (including phenoxy) is 2. The molecule has 1 amide bonds. The van der Waals surface area contributed by atoms with E-state index in [1.807, 2.05) is 18.2 Å². The number of aromatic nitrogens is 2. The van der Waals surface area contributed by atoms with Gasteiger partial charge in [-0.05, 0) is 49.2 Å². The minimum absolute atomic E-state index is 0.229. The molecule has 4 rings (SSSR count). The molecular formula is C21H19FN4O3. The van der Waals surface area contributed by atoms with E-state index < -0.39 is 5.91 Å². The Bertz CT molecular complexity index is 1090. The van der Waals surface area contributed by atoms with Crippen molar-refractivity contribution in [3.63, 3.8) is 0 Å². The highest BCUT2D eigenvalue weighted by molar-refractivity contribution is 6.04. The first-order valence-electron chi connectivity index (χ1n) is 9.03. The van der Waals surface area contributed by atoms with Gasteiger partial charge in [0.15, 0.2) is 11.5 Å².